The van der Waals surface area contributed by atoms with E-state index in [4.69, 9.17) is 21.1 Å². The molecular weight excluding hydrogens is 370 g/mol. The summed E-state index contributed by atoms with van der Waals surface area (Å²) in [5.41, 5.74) is 1.43. The van der Waals surface area contributed by atoms with E-state index < -0.39 is 11.8 Å². The number of fused-ring (bicyclic) bond motifs is 1. The van der Waals surface area contributed by atoms with Crippen LogP contribution in [0.3, 0.4) is 0 Å². The molecule has 2 amide bonds. The third-order valence-corrected chi connectivity index (χ3v) is 4.41. The molecule has 0 saturated heterocycles. The molecule has 0 atom stereocenters. The maximum Gasteiger partial charge on any atom is 0.310 e. The lowest BCUT2D eigenvalue weighted by Gasteiger charge is -2.14. The molecule has 140 valence electrons. The Morgan fingerprint density at radius 3 is 2.26 bits per heavy atom. The highest BCUT2D eigenvalue weighted by Gasteiger charge is 2.41. The minimum Gasteiger partial charge on any atom is -0.493 e. The number of carbonyl (C=O) groups is 3. The minimum atomic E-state index is -0.500. The Morgan fingerprint density at radius 1 is 0.963 bits per heavy atom. The van der Waals surface area contributed by atoms with Gasteiger partial charge in [-0.3, -0.25) is 14.4 Å². The van der Waals surface area contributed by atoms with E-state index in [2.05, 4.69) is 0 Å². The highest BCUT2D eigenvalue weighted by molar-refractivity contribution is 6.42. The van der Waals surface area contributed by atoms with Gasteiger partial charge in [-0.05, 0) is 43.7 Å². The predicted octanol–water partition coefficient (Wildman–Crippen LogP) is 3.64. The Balaban J connectivity index is 1.91. The smallest absolute Gasteiger partial charge is 0.310 e. The second-order valence-electron chi connectivity index (χ2n) is 5.82. The Kier molecular flexibility index (Phi) is 5.46. The lowest BCUT2D eigenvalue weighted by molar-refractivity contribution is -0.142. The molecule has 1 aliphatic rings. The third kappa shape index (κ3) is 3.53. The molecule has 0 unspecified atom stereocenters. The van der Waals surface area contributed by atoms with Crippen LogP contribution in [0.15, 0.2) is 36.4 Å². The van der Waals surface area contributed by atoms with Crippen LogP contribution in [-0.4, -0.2) is 31.0 Å². The highest BCUT2D eigenvalue weighted by Crippen LogP contribution is 2.38. The number of anilines is 1. The van der Waals surface area contributed by atoms with E-state index in [-0.39, 0.29) is 28.5 Å². The fourth-order valence-corrected chi connectivity index (χ4v) is 3.19. The Morgan fingerprint density at radius 2 is 1.63 bits per heavy atom. The molecule has 1 aliphatic heterocycles. The first kappa shape index (κ1) is 18.9. The molecular formula is C20H18ClNO5. The molecule has 27 heavy (non-hydrogen) atoms. The van der Waals surface area contributed by atoms with Crippen molar-refractivity contribution in [2.45, 2.75) is 20.3 Å². The standard InChI is InChI=1S/C20H18ClNO5/c1-3-26-15-10-9-14(21)17-18(15)20(25)22(19(17)24)13-7-5-12(6-8-13)11-16(23)27-4-2/h5-10H,3-4,11H2,1-2H3. The molecule has 2 aromatic carbocycles. The van der Waals surface area contributed by atoms with Gasteiger partial charge in [0, 0.05) is 0 Å². The second kappa shape index (κ2) is 7.80. The zero-order valence-electron chi connectivity index (χ0n) is 15.0. The van der Waals surface area contributed by atoms with Crippen molar-refractivity contribution in [3.8, 4) is 5.75 Å². The molecule has 3 rings (SSSR count). The fraction of sp³-hybridized carbons (Fsp3) is 0.250. The predicted molar refractivity (Wildman–Crippen MR) is 101 cm³/mol. The number of benzene rings is 2. The Hall–Kier alpha value is -2.86. The molecule has 1 heterocycles. The average Bonchev–Trinajstić information content (AvgIpc) is 2.90. The van der Waals surface area contributed by atoms with Crippen LogP contribution in [0, 0.1) is 0 Å². The van der Waals surface area contributed by atoms with Crippen LogP contribution < -0.4 is 9.64 Å². The number of ether oxygens (including phenoxy) is 2. The van der Waals surface area contributed by atoms with Gasteiger partial charge in [-0.25, -0.2) is 4.90 Å². The number of amides is 2. The molecule has 0 aromatic heterocycles. The van der Waals surface area contributed by atoms with Gasteiger partial charge in [0.05, 0.1) is 41.5 Å². The van der Waals surface area contributed by atoms with E-state index in [1.807, 2.05) is 0 Å². The molecule has 0 spiro atoms. The van der Waals surface area contributed by atoms with Gasteiger partial charge in [-0.2, -0.15) is 0 Å². The van der Waals surface area contributed by atoms with E-state index >= 15 is 0 Å². The number of rotatable bonds is 6. The molecule has 2 aromatic rings. The van der Waals surface area contributed by atoms with Gasteiger partial charge in [-0.15, -0.1) is 0 Å². The number of carbonyl (C=O) groups excluding carboxylic acids is 3. The van der Waals surface area contributed by atoms with E-state index in [9.17, 15) is 14.4 Å². The summed E-state index contributed by atoms with van der Waals surface area (Å²) >= 11 is 6.16. The van der Waals surface area contributed by atoms with E-state index in [0.717, 1.165) is 10.5 Å². The summed E-state index contributed by atoms with van der Waals surface area (Å²) < 4.78 is 10.4. The maximum atomic E-state index is 12.9. The van der Waals surface area contributed by atoms with Crippen LogP contribution >= 0.6 is 11.6 Å². The quantitative estimate of drug-likeness (QED) is 0.559. The van der Waals surface area contributed by atoms with Gasteiger partial charge in [0.25, 0.3) is 11.8 Å². The number of halogens is 1. The topological polar surface area (TPSA) is 72.9 Å². The van der Waals surface area contributed by atoms with Crippen LogP contribution in [0.1, 0.15) is 40.1 Å². The summed E-state index contributed by atoms with van der Waals surface area (Å²) in [4.78, 5) is 38.4. The SMILES string of the molecule is CCOC(=O)Cc1ccc(N2C(=O)c3c(Cl)ccc(OCC)c3C2=O)cc1. The molecule has 7 heteroatoms. The number of imide groups is 1. The Bertz CT molecular complexity index is 907. The summed E-state index contributed by atoms with van der Waals surface area (Å²) in [7, 11) is 0. The number of esters is 1. The minimum absolute atomic E-state index is 0.122. The molecule has 0 fully saturated rings. The van der Waals surface area contributed by atoms with Gasteiger partial charge >= 0.3 is 5.97 Å². The first-order chi connectivity index (χ1) is 13.0. The fourth-order valence-electron chi connectivity index (χ4n) is 2.95. The normalized spacial score (nSPS) is 12.9. The van der Waals surface area contributed by atoms with Crippen molar-refractivity contribution in [3.63, 3.8) is 0 Å². The van der Waals surface area contributed by atoms with Crippen molar-refractivity contribution in [1.82, 2.24) is 0 Å². The van der Waals surface area contributed by atoms with Crippen LogP contribution in [0.2, 0.25) is 5.02 Å². The van der Waals surface area contributed by atoms with Gasteiger partial charge < -0.3 is 9.47 Å². The Labute approximate surface area is 161 Å². The lowest BCUT2D eigenvalue weighted by Crippen LogP contribution is -2.29. The van der Waals surface area contributed by atoms with Gasteiger partial charge in [0.2, 0.25) is 0 Å². The molecule has 0 radical (unpaired) electrons. The van der Waals surface area contributed by atoms with Crippen molar-refractivity contribution < 1.29 is 23.9 Å². The molecule has 0 bridgehead atoms. The summed E-state index contributed by atoms with van der Waals surface area (Å²) in [6.07, 6.45) is 0.122. The average molecular weight is 388 g/mol. The zero-order valence-corrected chi connectivity index (χ0v) is 15.7. The van der Waals surface area contributed by atoms with E-state index in [1.165, 1.54) is 0 Å². The van der Waals surface area contributed by atoms with Crippen molar-refractivity contribution in [3.05, 3.63) is 58.1 Å². The monoisotopic (exact) mass is 387 g/mol. The van der Waals surface area contributed by atoms with Gasteiger partial charge in [-0.1, -0.05) is 23.7 Å². The summed E-state index contributed by atoms with van der Waals surface area (Å²) in [5, 5.41) is 0.202. The first-order valence-electron chi connectivity index (χ1n) is 8.56. The summed E-state index contributed by atoms with van der Waals surface area (Å²) in [6.45, 7) is 4.21. The van der Waals surface area contributed by atoms with Crippen LogP contribution in [-0.2, 0) is 16.0 Å². The highest BCUT2D eigenvalue weighted by atomic mass is 35.5. The van der Waals surface area contributed by atoms with E-state index in [0.29, 0.717) is 24.7 Å². The zero-order chi connectivity index (χ0) is 19.6. The number of hydrogen-bond acceptors (Lipinski definition) is 5. The summed E-state index contributed by atoms with van der Waals surface area (Å²) in [6, 6.07) is 9.72. The van der Waals surface area contributed by atoms with Crippen LogP contribution in [0.25, 0.3) is 0 Å². The molecule has 6 nitrogen and oxygen atoms in total. The van der Waals surface area contributed by atoms with Crippen molar-refractivity contribution in [1.29, 1.82) is 0 Å². The lowest BCUT2D eigenvalue weighted by atomic mass is 10.1. The van der Waals surface area contributed by atoms with Crippen LogP contribution in [0.5, 0.6) is 5.75 Å². The third-order valence-electron chi connectivity index (χ3n) is 4.10. The second-order valence-corrected chi connectivity index (χ2v) is 6.23. The largest absolute Gasteiger partial charge is 0.493 e. The maximum absolute atomic E-state index is 12.9. The van der Waals surface area contributed by atoms with Crippen molar-refractivity contribution in [2.24, 2.45) is 0 Å². The molecule has 0 N–H and O–H groups in total. The van der Waals surface area contributed by atoms with Gasteiger partial charge in [0.1, 0.15) is 5.75 Å². The number of hydrogen-bond donors (Lipinski definition) is 0. The molecule has 0 saturated carbocycles. The summed E-state index contributed by atoms with van der Waals surface area (Å²) in [5.74, 6) is -0.991. The van der Waals surface area contributed by atoms with Crippen molar-refractivity contribution >= 4 is 35.1 Å². The van der Waals surface area contributed by atoms with E-state index in [1.54, 1.807) is 50.2 Å². The first-order valence-corrected chi connectivity index (χ1v) is 8.94. The number of nitrogens with zero attached hydrogens (tertiary/aromatic N) is 1. The van der Waals surface area contributed by atoms with Gasteiger partial charge in [0.15, 0.2) is 0 Å². The van der Waals surface area contributed by atoms with Crippen LogP contribution in [0.4, 0.5) is 5.69 Å². The van der Waals surface area contributed by atoms with Crippen molar-refractivity contribution in [2.75, 3.05) is 18.1 Å². The molecule has 0 aliphatic carbocycles.